The van der Waals surface area contributed by atoms with Crippen LogP contribution in [0.4, 0.5) is 0 Å². The molecule has 19 rings (SSSR count). The normalized spacial score (nSPS) is 20.1. The Kier molecular flexibility index (Phi) is 5.34. The van der Waals surface area contributed by atoms with Crippen LogP contribution in [0.1, 0.15) is 98.3 Å². The number of carbonyl (C=O) groups excluding carboxylic acids is 1. The first-order valence-electron chi connectivity index (χ1n) is 22.6. The van der Waals surface area contributed by atoms with E-state index in [0.29, 0.717) is 11.7 Å². The summed E-state index contributed by atoms with van der Waals surface area (Å²) >= 11 is 0. The van der Waals surface area contributed by atoms with Crippen molar-refractivity contribution in [1.29, 1.82) is 5.26 Å². The maximum Gasteiger partial charge on any atom is 0.166 e. The predicted molar refractivity (Wildman–Crippen MR) is 252 cm³/mol. The van der Waals surface area contributed by atoms with Gasteiger partial charge in [-0.1, -0.05) is 84.9 Å². The first-order chi connectivity index (χ1) is 31.1. The van der Waals surface area contributed by atoms with E-state index in [2.05, 4.69) is 142 Å². The van der Waals surface area contributed by atoms with Crippen LogP contribution in [0, 0.1) is 17.2 Å². The van der Waals surface area contributed by atoms with Crippen LogP contribution < -0.4 is 0 Å². The third-order valence-corrected chi connectivity index (χ3v) is 16.6. The lowest BCUT2D eigenvalue weighted by Crippen LogP contribution is -2.28. The van der Waals surface area contributed by atoms with Crippen LogP contribution in [-0.2, 0) is 0 Å². The highest BCUT2D eigenvalue weighted by atomic mass is 16.3. The van der Waals surface area contributed by atoms with E-state index in [9.17, 15) is 10.1 Å². The third kappa shape index (κ3) is 3.46. The molecule has 0 N–H and O–H groups in total. The van der Waals surface area contributed by atoms with Gasteiger partial charge < -0.3 is 13.2 Å². The molecule has 1 fully saturated rings. The average Bonchev–Trinajstić information content (AvgIpc) is 4.10. The summed E-state index contributed by atoms with van der Waals surface area (Å²) in [5, 5.41) is 23.0. The number of ketones is 1. The summed E-state index contributed by atoms with van der Waals surface area (Å²) in [5.74, 6) is 0.879. The van der Waals surface area contributed by atoms with E-state index in [1.807, 2.05) is 0 Å². The molecule has 63 heavy (non-hydrogen) atoms. The van der Waals surface area contributed by atoms with E-state index in [-0.39, 0.29) is 17.8 Å². The highest BCUT2D eigenvalue weighted by Crippen LogP contribution is 2.60. The molecule has 5 heterocycles. The van der Waals surface area contributed by atoms with Crippen molar-refractivity contribution in [2.24, 2.45) is 5.92 Å². The summed E-state index contributed by atoms with van der Waals surface area (Å²) in [4.78, 5) is 14.1. The zero-order chi connectivity index (χ0) is 40.7. The van der Waals surface area contributed by atoms with Gasteiger partial charge >= 0.3 is 0 Å². The molecule has 0 radical (unpaired) electrons. The molecule has 6 aliphatic carbocycles. The quantitative estimate of drug-likeness (QED) is 0.153. The fourth-order valence-corrected chi connectivity index (χ4v) is 14.2. The minimum atomic E-state index is -0.0340. The van der Waals surface area contributed by atoms with E-state index in [4.69, 9.17) is 4.42 Å². The minimum Gasteiger partial charge on any atom is -0.455 e. The topological polar surface area (TPSA) is 62.8 Å². The Morgan fingerprint density at radius 3 is 1.79 bits per heavy atom. The molecule has 1 saturated carbocycles. The van der Waals surface area contributed by atoms with Gasteiger partial charge in [0.25, 0.3) is 0 Å². The van der Waals surface area contributed by atoms with E-state index in [1.54, 1.807) is 0 Å². The Balaban J connectivity index is 1.07. The number of aromatic nitrogens is 2. The van der Waals surface area contributed by atoms with Crippen molar-refractivity contribution in [2.75, 3.05) is 0 Å². The number of hydrogen-bond acceptors (Lipinski definition) is 3. The van der Waals surface area contributed by atoms with Gasteiger partial charge in [-0.3, -0.25) is 4.79 Å². The van der Waals surface area contributed by atoms with Crippen molar-refractivity contribution in [3.05, 3.63) is 177 Å². The first-order valence-corrected chi connectivity index (χ1v) is 22.6. The van der Waals surface area contributed by atoms with Crippen LogP contribution in [0.15, 0.2) is 132 Å². The Bertz CT molecular complexity index is 4340. The molecule has 292 valence electrons. The number of para-hydroxylation sites is 2. The molecule has 8 aromatic carbocycles. The molecule has 6 aliphatic rings. The molecule has 4 bridgehead atoms. The Morgan fingerprint density at radius 1 is 0.492 bits per heavy atom. The van der Waals surface area contributed by atoms with Crippen molar-refractivity contribution in [3.63, 3.8) is 0 Å². The maximum atomic E-state index is 14.1. The Morgan fingerprint density at radius 2 is 1.08 bits per heavy atom. The fourth-order valence-electron chi connectivity index (χ4n) is 14.2. The summed E-state index contributed by atoms with van der Waals surface area (Å²) in [7, 11) is 0. The number of hydrogen-bond donors (Lipinski definition) is 0. The third-order valence-electron chi connectivity index (χ3n) is 16.6. The highest BCUT2D eigenvalue weighted by molar-refractivity contribution is 6.35. The number of benzene rings is 8. The first kappa shape index (κ1) is 32.1. The van der Waals surface area contributed by atoms with Crippen LogP contribution in [-0.4, -0.2) is 14.6 Å². The van der Waals surface area contributed by atoms with Crippen LogP contribution in [0.2, 0.25) is 0 Å². The van der Waals surface area contributed by atoms with Crippen molar-refractivity contribution in [2.45, 2.75) is 43.4 Å². The molecule has 0 spiro atoms. The van der Waals surface area contributed by atoms with Crippen LogP contribution in [0.5, 0.6) is 0 Å². The molecule has 5 aromatic heterocycles. The maximum absolute atomic E-state index is 14.1. The van der Waals surface area contributed by atoms with Crippen LogP contribution in [0.25, 0.3) is 98.1 Å². The highest BCUT2D eigenvalue weighted by Gasteiger charge is 2.45. The fraction of sp³-hybridized carbons (Fsp3) is 0.138. The number of nitriles is 1. The monoisotopic (exact) mass is 803 g/mol. The standard InChI is InChI=1S/C58H33N3O2/c59-26-29-20-47-52(53-49(29)50-31-9-1-3-11-33(31)51(53)34-12-4-2-10-32(34)50)54-56-41(22-43-30-8-5-6-15-48(30)63-58(43)54)40-24-44-39(23-45(40)61(47)56)36-14-7-13-35-38-21-37-27-16-18-28(19-17-27)57(62)42(37)25-46(38)60(44)55(35)36/h1-15,20-25,27-28,50-51H,16-19H2. The number of carbonyl (C=O) groups is 1. The average molecular weight is 804 g/mol. The molecule has 5 heteroatoms. The summed E-state index contributed by atoms with van der Waals surface area (Å²) in [6.45, 7) is 0. The number of fused-ring (bicyclic) bond motifs is 18. The molecular weight excluding hydrogens is 771 g/mol. The van der Waals surface area contributed by atoms with E-state index < -0.39 is 0 Å². The summed E-state index contributed by atoms with van der Waals surface area (Å²) in [6.07, 6.45) is 4.22. The van der Waals surface area contributed by atoms with Gasteiger partial charge in [-0.15, -0.1) is 0 Å². The molecule has 13 aromatic rings. The van der Waals surface area contributed by atoms with Crippen molar-refractivity contribution in [1.82, 2.24) is 8.80 Å². The van der Waals surface area contributed by atoms with Gasteiger partial charge in [0.1, 0.15) is 11.2 Å². The predicted octanol–water partition coefficient (Wildman–Crippen LogP) is 14.2. The van der Waals surface area contributed by atoms with Crippen molar-refractivity contribution >= 4 is 104 Å². The van der Waals surface area contributed by atoms with E-state index in [1.165, 1.54) is 76.6 Å². The number of Topliss-reactive ketones (excluding diaryl/α,β-unsaturated/α-hetero) is 1. The smallest absolute Gasteiger partial charge is 0.166 e. The second-order valence-corrected chi connectivity index (χ2v) is 19.1. The van der Waals surface area contributed by atoms with Crippen LogP contribution >= 0.6 is 0 Å². The zero-order valence-electron chi connectivity index (χ0n) is 33.9. The van der Waals surface area contributed by atoms with Gasteiger partial charge in [0.05, 0.1) is 50.1 Å². The molecule has 0 aliphatic heterocycles. The molecule has 0 amide bonds. The number of furan rings is 1. The SMILES string of the molecule is N#Cc1cc2c(c3c1C1c4ccccc4C3c3ccccc31)c1c3oc4ccccc4c3cc3c4cc5c(cc4n2c31)c1cccc2c3cc4c(cc3n5c21)C(=O)C1CCC4CC1. The van der Waals surface area contributed by atoms with Gasteiger partial charge in [-0.25, -0.2) is 0 Å². The van der Waals surface area contributed by atoms with E-state index >= 15 is 0 Å². The second kappa shape index (κ2) is 10.5. The second-order valence-electron chi connectivity index (χ2n) is 19.1. The largest absolute Gasteiger partial charge is 0.455 e. The van der Waals surface area contributed by atoms with Crippen molar-refractivity contribution < 1.29 is 9.21 Å². The lowest BCUT2D eigenvalue weighted by molar-refractivity contribution is 0.0898. The molecule has 0 saturated heterocycles. The summed E-state index contributed by atoms with van der Waals surface area (Å²) < 4.78 is 11.9. The Hall–Kier alpha value is -7.68. The summed E-state index contributed by atoms with van der Waals surface area (Å²) in [5.41, 5.74) is 19.2. The Labute approximate surface area is 358 Å². The molecular formula is C58H33N3O2. The molecule has 0 atom stereocenters. The van der Waals surface area contributed by atoms with Gasteiger partial charge in [-0.05, 0) is 113 Å². The van der Waals surface area contributed by atoms with Gasteiger partial charge in [-0.2, -0.15) is 5.26 Å². The van der Waals surface area contributed by atoms with Gasteiger partial charge in [0.15, 0.2) is 5.78 Å². The molecule has 0 unspecified atom stereocenters. The molecule has 5 nitrogen and oxygen atoms in total. The van der Waals surface area contributed by atoms with Gasteiger partial charge in [0.2, 0.25) is 0 Å². The summed E-state index contributed by atoms with van der Waals surface area (Å²) in [6, 6.07) is 49.7. The lowest BCUT2D eigenvalue weighted by Gasteiger charge is -2.43. The van der Waals surface area contributed by atoms with Crippen LogP contribution in [0.3, 0.4) is 0 Å². The minimum absolute atomic E-state index is 0.0249. The lowest BCUT2D eigenvalue weighted by atomic mass is 9.59. The van der Waals surface area contributed by atoms with E-state index in [0.717, 1.165) is 97.3 Å². The number of rotatable bonds is 0. The van der Waals surface area contributed by atoms with Crippen molar-refractivity contribution in [3.8, 4) is 6.07 Å². The zero-order valence-corrected chi connectivity index (χ0v) is 33.9. The number of nitrogens with zero attached hydrogens (tertiary/aromatic N) is 3. The van der Waals surface area contributed by atoms with Gasteiger partial charge in [0, 0.05) is 71.8 Å².